The monoisotopic (exact) mass is 422 g/mol. The summed E-state index contributed by atoms with van der Waals surface area (Å²) in [5.41, 5.74) is 2.22. The molecule has 2 aromatic carbocycles. The van der Waals surface area contributed by atoms with Gasteiger partial charge in [-0.25, -0.2) is 13.4 Å². The van der Waals surface area contributed by atoms with Crippen LogP contribution in [0.4, 0.5) is 0 Å². The van der Waals surface area contributed by atoms with Gasteiger partial charge in [0.15, 0.2) is 0 Å². The summed E-state index contributed by atoms with van der Waals surface area (Å²) in [5, 5.41) is 2.93. The van der Waals surface area contributed by atoms with Gasteiger partial charge in [-0.05, 0) is 36.2 Å². The average Bonchev–Trinajstić information content (AvgIpc) is 3.27. The first kappa shape index (κ1) is 21.3. The van der Waals surface area contributed by atoms with E-state index in [1.165, 1.54) is 24.3 Å². The summed E-state index contributed by atoms with van der Waals surface area (Å²) in [6, 6.07) is 15.1. The summed E-state index contributed by atoms with van der Waals surface area (Å²) >= 11 is 0. The van der Waals surface area contributed by atoms with Crippen LogP contribution in [-0.4, -0.2) is 30.8 Å². The lowest BCUT2D eigenvalue weighted by Gasteiger charge is -2.15. The molecule has 1 amide bonds. The molecule has 0 bridgehead atoms. The van der Waals surface area contributed by atoms with Crippen LogP contribution in [0.15, 0.2) is 65.7 Å². The van der Waals surface area contributed by atoms with E-state index in [0.29, 0.717) is 17.8 Å². The minimum Gasteiger partial charge on any atom is -0.342 e. The third kappa shape index (κ3) is 4.95. The Morgan fingerprint density at radius 3 is 2.50 bits per heavy atom. The molecule has 0 spiro atoms. The Morgan fingerprint density at radius 2 is 1.87 bits per heavy atom. The highest BCUT2D eigenvalue weighted by Gasteiger charge is 2.19. The number of nitrogens with zero attached hydrogens (tertiary/aromatic N) is 1. The number of carbonyl (C=O) groups excluding carboxylic acids is 1. The summed E-state index contributed by atoms with van der Waals surface area (Å²) in [6.45, 7) is 1.85. The van der Waals surface area contributed by atoms with Gasteiger partial charge >= 0.3 is 0 Å². The predicted octanol–water partition coefficient (Wildman–Crippen LogP) is 2.87. The predicted molar refractivity (Wildman–Crippen MR) is 115 cm³/mol. The smallest absolute Gasteiger partial charge is 0.251 e. The second-order valence-electron chi connectivity index (χ2n) is 6.54. The Kier molecular flexibility index (Phi) is 6.67. The van der Waals surface area contributed by atoms with Crippen LogP contribution in [-0.2, 0) is 10.0 Å². The van der Waals surface area contributed by atoms with Crippen molar-refractivity contribution in [2.45, 2.75) is 24.3 Å². The zero-order chi connectivity index (χ0) is 21.6. The van der Waals surface area contributed by atoms with Gasteiger partial charge < -0.3 is 10.3 Å². The molecule has 3 rings (SSSR count). The first-order valence-electron chi connectivity index (χ1n) is 9.39. The highest BCUT2D eigenvalue weighted by Crippen LogP contribution is 2.21. The molecule has 1 heterocycles. The van der Waals surface area contributed by atoms with Crippen molar-refractivity contribution >= 4 is 15.9 Å². The van der Waals surface area contributed by atoms with E-state index in [1.54, 1.807) is 6.20 Å². The number of carbonyl (C=O) groups is 1. The number of aromatic nitrogens is 2. The van der Waals surface area contributed by atoms with Crippen LogP contribution in [0.2, 0.25) is 0 Å². The van der Waals surface area contributed by atoms with Crippen molar-refractivity contribution in [3.05, 3.63) is 72.2 Å². The van der Waals surface area contributed by atoms with E-state index >= 15 is 0 Å². The molecule has 0 aliphatic heterocycles. The summed E-state index contributed by atoms with van der Waals surface area (Å²) in [6.07, 6.45) is 7.46. The van der Waals surface area contributed by atoms with Gasteiger partial charge in [-0.1, -0.05) is 43.2 Å². The third-order valence-electron chi connectivity index (χ3n) is 4.51. The van der Waals surface area contributed by atoms with Crippen molar-refractivity contribution in [1.29, 1.82) is 0 Å². The van der Waals surface area contributed by atoms with Crippen LogP contribution >= 0.6 is 0 Å². The Morgan fingerprint density at radius 1 is 1.17 bits per heavy atom. The normalized spacial score (nSPS) is 12.1. The molecule has 8 heteroatoms. The molecule has 30 heavy (non-hydrogen) atoms. The van der Waals surface area contributed by atoms with E-state index in [0.717, 1.165) is 11.3 Å². The summed E-state index contributed by atoms with van der Waals surface area (Å²) in [5.74, 6) is 2.55. The molecule has 3 N–H and O–H groups in total. The van der Waals surface area contributed by atoms with Crippen molar-refractivity contribution in [3.63, 3.8) is 0 Å². The lowest BCUT2D eigenvalue weighted by molar-refractivity contribution is 0.0933. The zero-order valence-electron chi connectivity index (χ0n) is 16.4. The quantitative estimate of drug-likeness (QED) is 0.486. The van der Waals surface area contributed by atoms with Crippen LogP contribution in [0.1, 0.15) is 35.6 Å². The number of hydrogen-bond acceptors (Lipinski definition) is 4. The lowest BCUT2D eigenvalue weighted by Crippen LogP contribution is -2.29. The van der Waals surface area contributed by atoms with Gasteiger partial charge in [0.2, 0.25) is 10.0 Å². The van der Waals surface area contributed by atoms with E-state index in [1.807, 2.05) is 37.3 Å². The molecule has 0 aliphatic rings. The molecule has 0 saturated heterocycles. The number of imidazole rings is 1. The van der Waals surface area contributed by atoms with E-state index < -0.39 is 10.0 Å². The number of hydrogen-bond donors (Lipinski definition) is 3. The number of amides is 1. The van der Waals surface area contributed by atoms with Crippen molar-refractivity contribution < 1.29 is 13.2 Å². The first-order chi connectivity index (χ1) is 14.4. The highest BCUT2D eigenvalue weighted by molar-refractivity contribution is 7.89. The minimum absolute atomic E-state index is 0.0416. The molecule has 1 atom stereocenters. The van der Waals surface area contributed by atoms with E-state index in [4.69, 9.17) is 6.42 Å². The lowest BCUT2D eigenvalue weighted by atomic mass is 10.1. The number of terminal acetylenes is 1. The third-order valence-corrected chi connectivity index (χ3v) is 5.93. The van der Waals surface area contributed by atoms with Crippen LogP contribution in [0.25, 0.3) is 11.3 Å². The number of rotatable bonds is 8. The number of aromatic amines is 1. The zero-order valence-corrected chi connectivity index (χ0v) is 17.2. The molecule has 7 nitrogen and oxygen atoms in total. The van der Waals surface area contributed by atoms with Gasteiger partial charge in [0, 0.05) is 5.56 Å². The summed E-state index contributed by atoms with van der Waals surface area (Å²) < 4.78 is 26.4. The molecular formula is C22H22N4O3S. The maximum absolute atomic E-state index is 12.7. The number of benzene rings is 2. The van der Waals surface area contributed by atoms with Gasteiger partial charge in [-0.3, -0.25) is 4.79 Å². The molecular weight excluding hydrogens is 400 g/mol. The molecule has 0 saturated carbocycles. The molecule has 1 aromatic heterocycles. The van der Waals surface area contributed by atoms with Gasteiger partial charge in [0.25, 0.3) is 5.91 Å². The molecule has 1 unspecified atom stereocenters. The number of H-pyrrole nitrogens is 1. The van der Waals surface area contributed by atoms with Crippen LogP contribution in [0.3, 0.4) is 0 Å². The average molecular weight is 423 g/mol. The molecule has 0 radical (unpaired) electrons. The van der Waals surface area contributed by atoms with E-state index in [2.05, 4.69) is 25.9 Å². The van der Waals surface area contributed by atoms with Crippen LogP contribution in [0, 0.1) is 12.3 Å². The fourth-order valence-corrected chi connectivity index (χ4v) is 3.82. The largest absolute Gasteiger partial charge is 0.342 e. The van der Waals surface area contributed by atoms with E-state index in [9.17, 15) is 13.2 Å². The fraction of sp³-hybridized carbons (Fsp3) is 0.182. The minimum atomic E-state index is -3.70. The van der Waals surface area contributed by atoms with Gasteiger partial charge in [-0.2, -0.15) is 4.72 Å². The second kappa shape index (κ2) is 9.39. The van der Waals surface area contributed by atoms with Crippen LogP contribution in [0.5, 0.6) is 0 Å². The van der Waals surface area contributed by atoms with Crippen molar-refractivity contribution in [2.24, 2.45) is 0 Å². The SMILES string of the molecule is C#CCNS(=O)(=O)c1ccc(C(=O)NC(CC)c2ncc(-c3ccccc3)[nH]2)cc1. The number of sulfonamides is 1. The second-order valence-corrected chi connectivity index (χ2v) is 8.30. The summed E-state index contributed by atoms with van der Waals surface area (Å²) in [7, 11) is -3.70. The van der Waals surface area contributed by atoms with E-state index in [-0.39, 0.29) is 23.4 Å². The summed E-state index contributed by atoms with van der Waals surface area (Å²) in [4.78, 5) is 20.4. The highest BCUT2D eigenvalue weighted by atomic mass is 32.2. The maximum atomic E-state index is 12.7. The topological polar surface area (TPSA) is 104 Å². The first-order valence-corrected chi connectivity index (χ1v) is 10.9. The van der Waals surface area contributed by atoms with Crippen molar-refractivity contribution in [1.82, 2.24) is 20.0 Å². The fourth-order valence-electron chi connectivity index (χ4n) is 2.89. The van der Waals surface area contributed by atoms with Crippen molar-refractivity contribution in [2.75, 3.05) is 6.54 Å². The van der Waals surface area contributed by atoms with Gasteiger partial charge in [-0.15, -0.1) is 6.42 Å². The van der Waals surface area contributed by atoms with Gasteiger partial charge in [0.05, 0.1) is 29.4 Å². The standard InChI is InChI=1S/C22H22N4O3S/c1-3-14-24-30(28,29)18-12-10-17(11-13-18)22(27)26-19(4-2)21-23-15-20(25-21)16-8-6-5-7-9-16/h1,5-13,15,19,24H,4,14H2,2H3,(H,23,25)(H,26,27). The molecule has 0 fully saturated rings. The number of nitrogens with one attached hydrogen (secondary N) is 3. The Hall–Kier alpha value is -3.41. The molecule has 0 aliphatic carbocycles. The van der Waals surface area contributed by atoms with Gasteiger partial charge in [0.1, 0.15) is 5.82 Å². The van der Waals surface area contributed by atoms with Crippen molar-refractivity contribution in [3.8, 4) is 23.6 Å². The molecule has 3 aromatic rings. The Labute approximate surface area is 176 Å². The molecule has 154 valence electrons. The van der Waals surface area contributed by atoms with Crippen LogP contribution < -0.4 is 10.0 Å². The maximum Gasteiger partial charge on any atom is 0.251 e. The Bertz CT molecular complexity index is 1150. The Balaban J connectivity index is 1.71.